The van der Waals surface area contributed by atoms with Gasteiger partial charge in [-0.15, -0.1) is 0 Å². The zero-order valence-electron chi connectivity index (χ0n) is 13.6. The highest BCUT2D eigenvalue weighted by molar-refractivity contribution is 5.97. The largest absolute Gasteiger partial charge is 0.331 e. The van der Waals surface area contributed by atoms with Crippen molar-refractivity contribution in [2.45, 2.75) is 26.9 Å². The van der Waals surface area contributed by atoms with Crippen LogP contribution in [0.4, 0.5) is 8.78 Å². The Hall–Kier alpha value is -3.08. The van der Waals surface area contributed by atoms with Gasteiger partial charge in [-0.1, -0.05) is 6.92 Å². The Morgan fingerprint density at radius 3 is 2.52 bits per heavy atom. The van der Waals surface area contributed by atoms with Crippen LogP contribution in [0.1, 0.15) is 29.8 Å². The summed E-state index contributed by atoms with van der Waals surface area (Å²) in [5.74, 6) is -3.63. The molecule has 0 bridgehead atoms. The van der Waals surface area contributed by atoms with Gasteiger partial charge in [-0.3, -0.25) is 18.7 Å². The van der Waals surface area contributed by atoms with Crippen LogP contribution in [-0.2, 0) is 13.1 Å². The highest BCUT2D eigenvalue weighted by atomic mass is 19.2. The normalized spacial score (nSPS) is 11.8. The lowest BCUT2D eigenvalue weighted by molar-refractivity contribution is 0.0916. The molecule has 0 aliphatic carbocycles. The van der Waals surface area contributed by atoms with Gasteiger partial charge < -0.3 is 0 Å². The van der Waals surface area contributed by atoms with Gasteiger partial charge in [-0.25, -0.2) is 13.6 Å². The summed E-state index contributed by atoms with van der Waals surface area (Å²) in [4.78, 5) is 36.8. The third-order valence-corrected chi connectivity index (χ3v) is 3.81. The van der Waals surface area contributed by atoms with E-state index in [4.69, 9.17) is 5.26 Å². The van der Waals surface area contributed by atoms with E-state index in [-0.39, 0.29) is 24.2 Å². The topological polar surface area (TPSA) is 84.9 Å². The molecule has 25 heavy (non-hydrogen) atoms. The maximum absolute atomic E-state index is 13.3. The molecule has 1 aromatic heterocycles. The Labute approximate surface area is 141 Å². The quantitative estimate of drug-likeness (QED) is 0.771. The zero-order chi connectivity index (χ0) is 18.7. The number of benzene rings is 1. The smallest absolute Gasteiger partial charge is 0.299 e. The van der Waals surface area contributed by atoms with Crippen LogP contribution in [0.3, 0.4) is 0 Å². The molecule has 0 saturated heterocycles. The molecule has 1 atom stereocenters. The summed E-state index contributed by atoms with van der Waals surface area (Å²) >= 11 is 0. The molecule has 0 unspecified atom stereocenters. The lowest BCUT2D eigenvalue weighted by atomic mass is 9.99. The van der Waals surface area contributed by atoms with Gasteiger partial charge >= 0.3 is 5.69 Å². The molecule has 0 saturated carbocycles. The Balaban J connectivity index is 2.40. The van der Waals surface area contributed by atoms with Crippen LogP contribution in [0.5, 0.6) is 0 Å². The van der Waals surface area contributed by atoms with Gasteiger partial charge in [-0.2, -0.15) is 5.26 Å². The van der Waals surface area contributed by atoms with Gasteiger partial charge in [0.05, 0.1) is 0 Å². The van der Waals surface area contributed by atoms with Crippen LogP contribution in [-0.4, -0.2) is 14.9 Å². The summed E-state index contributed by atoms with van der Waals surface area (Å²) in [5.41, 5.74) is -1.71. The fraction of sp³-hybridized carbons (Fsp3) is 0.294. The summed E-state index contributed by atoms with van der Waals surface area (Å²) in [6.45, 7) is 3.11. The predicted molar refractivity (Wildman–Crippen MR) is 85.2 cm³/mol. The third kappa shape index (κ3) is 3.55. The number of nitriles is 1. The lowest BCUT2D eigenvalue weighted by Crippen LogP contribution is -2.42. The van der Waals surface area contributed by atoms with Gasteiger partial charge in [0.15, 0.2) is 17.4 Å². The summed E-state index contributed by atoms with van der Waals surface area (Å²) in [6.07, 6.45) is 1.17. The Kier molecular flexibility index (Phi) is 5.27. The van der Waals surface area contributed by atoms with Crippen molar-refractivity contribution in [1.29, 1.82) is 5.26 Å². The van der Waals surface area contributed by atoms with Crippen molar-refractivity contribution in [3.05, 3.63) is 68.0 Å². The predicted octanol–water partition coefficient (Wildman–Crippen LogP) is 1.70. The molecule has 1 heterocycles. The number of hydrogen-bond donors (Lipinski definition) is 0. The van der Waals surface area contributed by atoms with Crippen LogP contribution >= 0.6 is 0 Å². The van der Waals surface area contributed by atoms with Crippen LogP contribution in [0.15, 0.2) is 34.0 Å². The molecule has 8 heteroatoms. The molecule has 0 spiro atoms. The molecule has 1 aromatic carbocycles. The molecule has 130 valence electrons. The van der Waals surface area contributed by atoms with Crippen molar-refractivity contribution in [3.8, 4) is 6.07 Å². The monoisotopic (exact) mass is 347 g/mol. The van der Waals surface area contributed by atoms with Crippen molar-refractivity contribution >= 4 is 5.78 Å². The average Bonchev–Trinajstić information content (AvgIpc) is 2.60. The van der Waals surface area contributed by atoms with E-state index >= 15 is 0 Å². The van der Waals surface area contributed by atoms with Crippen LogP contribution in [0, 0.1) is 28.9 Å². The van der Waals surface area contributed by atoms with E-state index < -0.39 is 34.6 Å². The van der Waals surface area contributed by atoms with E-state index in [9.17, 15) is 23.2 Å². The summed E-state index contributed by atoms with van der Waals surface area (Å²) in [7, 11) is 0. The second-order valence-corrected chi connectivity index (χ2v) is 5.53. The van der Waals surface area contributed by atoms with Crippen molar-refractivity contribution in [2.24, 2.45) is 5.92 Å². The van der Waals surface area contributed by atoms with Crippen LogP contribution in [0.2, 0.25) is 0 Å². The third-order valence-electron chi connectivity index (χ3n) is 3.81. The number of Topliss-reactive ketones (excluding diaryl/α,β-unsaturated/α-hetero) is 1. The van der Waals surface area contributed by atoms with E-state index in [1.54, 1.807) is 13.0 Å². The minimum absolute atomic E-state index is 0.0632. The molecule has 0 N–H and O–H groups in total. The van der Waals surface area contributed by atoms with E-state index in [0.717, 1.165) is 22.8 Å². The highest BCUT2D eigenvalue weighted by Gasteiger charge is 2.20. The average molecular weight is 347 g/mol. The van der Waals surface area contributed by atoms with Crippen molar-refractivity contribution in [1.82, 2.24) is 9.13 Å². The standard InChI is InChI=1S/C17H15F2N3O3/c1-3-21-9-12(7-20)16(24)22(17(21)25)8-10(2)15(23)11-4-5-13(18)14(19)6-11/h4-6,9-10H,3,8H2,1-2H3/t10-/m1/s1. The first-order chi connectivity index (χ1) is 11.8. The molecule has 0 aliphatic rings. The van der Waals surface area contributed by atoms with E-state index in [1.165, 1.54) is 17.7 Å². The molecule has 0 radical (unpaired) electrons. The molecular formula is C17H15F2N3O3. The minimum Gasteiger partial charge on any atom is -0.299 e. The van der Waals surface area contributed by atoms with Crippen LogP contribution in [0.25, 0.3) is 0 Å². The zero-order valence-corrected chi connectivity index (χ0v) is 13.6. The number of halogens is 2. The van der Waals surface area contributed by atoms with E-state index in [1.807, 2.05) is 0 Å². The van der Waals surface area contributed by atoms with Gasteiger partial charge in [0.25, 0.3) is 5.56 Å². The lowest BCUT2D eigenvalue weighted by Gasteiger charge is -2.14. The number of ketones is 1. The summed E-state index contributed by atoms with van der Waals surface area (Å²) < 4.78 is 28.3. The first kappa shape index (κ1) is 18.3. The van der Waals surface area contributed by atoms with Gasteiger partial charge in [0.2, 0.25) is 0 Å². The number of aromatic nitrogens is 2. The number of nitrogens with zero attached hydrogens (tertiary/aromatic N) is 3. The SMILES string of the molecule is CCn1cc(C#N)c(=O)n(C[C@@H](C)C(=O)c2ccc(F)c(F)c2)c1=O. The second-order valence-electron chi connectivity index (χ2n) is 5.53. The summed E-state index contributed by atoms with van der Waals surface area (Å²) in [5, 5.41) is 9.01. The Morgan fingerprint density at radius 1 is 1.28 bits per heavy atom. The van der Waals surface area contributed by atoms with Gasteiger partial charge in [-0.05, 0) is 25.1 Å². The van der Waals surface area contributed by atoms with Crippen molar-refractivity contribution in [3.63, 3.8) is 0 Å². The number of hydrogen-bond acceptors (Lipinski definition) is 4. The maximum Gasteiger partial charge on any atom is 0.331 e. The first-order valence-electron chi connectivity index (χ1n) is 7.53. The van der Waals surface area contributed by atoms with E-state index in [2.05, 4.69) is 0 Å². The number of aryl methyl sites for hydroxylation is 1. The second kappa shape index (κ2) is 7.21. The van der Waals surface area contributed by atoms with E-state index in [0.29, 0.717) is 0 Å². The van der Waals surface area contributed by atoms with Crippen molar-refractivity contribution in [2.75, 3.05) is 0 Å². The summed E-state index contributed by atoms with van der Waals surface area (Å²) in [6, 6.07) is 4.46. The molecular weight excluding hydrogens is 332 g/mol. The molecule has 0 amide bonds. The molecule has 2 rings (SSSR count). The van der Waals surface area contributed by atoms with Crippen LogP contribution < -0.4 is 11.2 Å². The number of carbonyl (C=O) groups is 1. The van der Waals surface area contributed by atoms with Gasteiger partial charge in [0.1, 0.15) is 11.6 Å². The molecule has 0 aliphatic heterocycles. The number of carbonyl (C=O) groups excluding carboxylic acids is 1. The van der Waals surface area contributed by atoms with Gasteiger partial charge in [0, 0.05) is 30.8 Å². The molecule has 2 aromatic rings. The minimum atomic E-state index is -1.16. The highest BCUT2D eigenvalue weighted by Crippen LogP contribution is 2.14. The molecule has 6 nitrogen and oxygen atoms in total. The first-order valence-corrected chi connectivity index (χ1v) is 7.53. The maximum atomic E-state index is 13.3. The fourth-order valence-corrected chi connectivity index (χ4v) is 2.41. The van der Waals surface area contributed by atoms with Crippen molar-refractivity contribution < 1.29 is 13.6 Å². The molecule has 0 fully saturated rings. The number of rotatable bonds is 5. The fourth-order valence-electron chi connectivity index (χ4n) is 2.41. The Bertz CT molecular complexity index is 986. The Morgan fingerprint density at radius 2 is 1.96 bits per heavy atom.